The van der Waals surface area contributed by atoms with Crippen molar-refractivity contribution in [2.75, 3.05) is 6.61 Å². The van der Waals surface area contributed by atoms with Crippen LogP contribution in [0.4, 0.5) is 4.79 Å². The number of ether oxygens (including phenoxy) is 2. The lowest BCUT2D eigenvalue weighted by Crippen LogP contribution is -2.37. The number of fused-ring (bicyclic) bond motifs is 1. The number of benzene rings is 2. The van der Waals surface area contributed by atoms with Crippen LogP contribution in [0.3, 0.4) is 0 Å². The van der Waals surface area contributed by atoms with Gasteiger partial charge in [-0.3, -0.25) is 4.57 Å². The molecule has 0 radical (unpaired) electrons. The van der Waals surface area contributed by atoms with Crippen LogP contribution in [0.25, 0.3) is 11.0 Å². The summed E-state index contributed by atoms with van der Waals surface area (Å²) in [6, 6.07) is 13.1. The normalized spacial score (nSPS) is 12.6. The molecule has 2 aromatic carbocycles. The molecule has 3 aromatic rings. The van der Waals surface area contributed by atoms with Crippen molar-refractivity contribution in [3.8, 4) is 0 Å². The zero-order valence-electron chi connectivity index (χ0n) is 17.2. The maximum absolute atomic E-state index is 13.5. The van der Waals surface area contributed by atoms with Gasteiger partial charge in [0.2, 0.25) is 0 Å². The van der Waals surface area contributed by atoms with E-state index in [1.807, 2.05) is 6.07 Å². The molecule has 1 atom stereocenters. The van der Waals surface area contributed by atoms with Crippen LogP contribution < -0.4 is 5.69 Å². The summed E-state index contributed by atoms with van der Waals surface area (Å²) >= 11 is 2.12. The quantitative estimate of drug-likeness (QED) is 0.376. The van der Waals surface area contributed by atoms with Crippen molar-refractivity contribution < 1.29 is 19.1 Å². The molecule has 3 rings (SSSR count). The standard InChI is InChI=1S/C22H23IN2O5/c1-5-29-19(26)18(14-9-7-6-8-10-14)24-17-13-15(23)11-12-16(17)25(20(24)27)21(28)30-22(2,3)4/h6-13,18H,5H2,1-4H3. The van der Waals surface area contributed by atoms with Crippen LogP contribution in [-0.4, -0.2) is 33.4 Å². The van der Waals surface area contributed by atoms with Crippen LogP contribution in [0.2, 0.25) is 0 Å². The number of carbonyl (C=O) groups excluding carboxylic acids is 2. The average molecular weight is 522 g/mol. The van der Waals surface area contributed by atoms with E-state index in [9.17, 15) is 14.4 Å². The van der Waals surface area contributed by atoms with Crippen molar-refractivity contribution in [3.63, 3.8) is 0 Å². The lowest BCUT2D eigenvalue weighted by Gasteiger charge is -2.19. The lowest BCUT2D eigenvalue weighted by molar-refractivity contribution is -0.145. The molecular formula is C22H23IN2O5. The molecule has 1 unspecified atom stereocenters. The van der Waals surface area contributed by atoms with Gasteiger partial charge in [0.15, 0.2) is 6.04 Å². The number of halogens is 1. The minimum atomic E-state index is -1.04. The van der Waals surface area contributed by atoms with E-state index in [1.54, 1.807) is 70.2 Å². The molecule has 0 aliphatic rings. The molecule has 0 bridgehead atoms. The summed E-state index contributed by atoms with van der Waals surface area (Å²) < 4.78 is 13.8. The first-order valence-corrected chi connectivity index (χ1v) is 10.6. The third-order valence-electron chi connectivity index (χ3n) is 4.29. The Bertz CT molecular complexity index is 1140. The fourth-order valence-electron chi connectivity index (χ4n) is 3.17. The molecule has 158 valence electrons. The highest BCUT2D eigenvalue weighted by Gasteiger charge is 2.32. The number of nitrogens with zero attached hydrogens (tertiary/aromatic N) is 2. The fourth-order valence-corrected chi connectivity index (χ4v) is 3.65. The Morgan fingerprint density at radius 3 is 2.33 bits per heavy atom. The van der Waals surface area contributed by atoms with Gasteiger partial charge in [-0.15, -0.1) is 0 Å². The predicted octanol–water partition coefficient (Wildman–Crippen LogP) is 4.34. The van der Waals surface area contributed by atoms with Crippen LogP contribution in [-0.2, 0) is 14.3 Å². The Labute approximate surface area is 187 Å². The van der Waals surface area contributed by atoms with Gasteiger partial charge < -0.3 is 9.47 Å². The van der Waals surface area contributed by atoms with Gasteiger partial charge in [-0.1, -0.05) is 30.3 Å². The highest BCUT2D eigenvalue weighted by Crippen LogP contribution is 2.26. The topological polar surface area (TPSA) is 79.5 Å². The molecule has 0 saturated carbocycles. The SMILES string of the molecule is CCOC(=O)C(c1ccccc1)n1c(=O)n(C(=O)OC(C)(C)C)c2ccc(I)cc21. The van der Waals surface area contributed by atoms with Crippen molar-refractivity contribution >= 4 is 45.7 Å². The summed E-state index contributed by atoms with van der Waals surface area (Å²) in [7, 11) is 0. The van der Waals surface area contributed by atoms with Crippen LogP contribution >= 0.6 is 22.6 Å². The summed E-state index contributed by atoms with van der Waals surface area (Å²) in [4.78, 5) is 39.2. The second-order valence-corrected chi connectivity index (χ2v) is 8.91. The lowest BCUT2D eigenvalue weighted by atomic mass is 10.1. The molecule has 0 spiro atoms. The second kappa shape index (κ2) is 8.63. The number of hydrogen-bond donors (Lipinski definition) is 0. The number of imidazole rings is 1. The zero-order chi connectivity index (χ0) is 22.1. The first-order valence-electron chi connectivity index (χ1n) is 9.51. The monoisotopic (exact) mass is 522 g/mol. The highest BCUT2D eigenvalue weighted by atomic mass is 127. The smallest absolute Gasteiger partial charge is 0.423 e. The first-order chi connectivity index (χ1) is 14.1. The maximum atomic E-state index is 13.5. The predicted molar refractivity (Wildman–Crippen MR) is 122 cm³/mol. The molecule has 0 N–H and O–H groups in total. The van der Waals surface area contributed by atoms with E-state index in [0.29, 0.717) is 16.6 Å². The van der Waals surface area contributed by atoms with Gasteiger partial charge in [0.25, 0.3) is 0 Å². The summed E-state index contributed by atoms with van der Waals surface area (Å²) in [5.74, 6) is -0.576. The number of esters is 1. The van der Waals surface area contributed by atoms with E-state index in [1.165, 1.54) is 4.57 Å². The molecule has 8 heteroatoms. The van der Waals surface area contributed by atoms with Gasteiger partial charge >= 0.3 is 17.8 Å². The minimum Gasteiger partial charge on any atom is -0.464 e. The number of hydrogen-bond acceptors (Lipinski definition) is 5. The Hall–Kier alpha value is -2.62. The van der Waals surface area contributed by atoms with Gasteiger partial charge in [0.05, 0.1) is 17.6 Å². The van der Waals surface area contributed by atoms with Gasteiger partial charge in [-0.25, -0.2) is 14.4 Å². The molecule has 0 aliphatic carbocycles. The van der Waals surface area contributed by atoms with Crippen molar-refractivity contribution in [2.24, 2.45) is 0 Å². The van der Waals surface area contributed by atoms with E-state index < -0.39 is 29.4 Å². The molecule has 1 aromatic heterocycles. The van der Waals surface area contributed by atoms with E-state index in [-0.39, 0.29) is 6.61 Å². The van der Waals surface area contributed by atoms with Crippen molar-refractivity contribution in [1.29, 1.82) is 0 Å². The van der Waals surface area contributed by atoms with Crippen molar-refractivity contribution in [2.45, 2.75) is 39.3 Å². The molecular weight excluding hydrogens is 499 g/mol. The number of carbonyl (C=O) groups is 2. The molecule has 0 amide bonds. The molecule has 7 nitrogen and oxygen atoms in total. The zero-order valence-corrected chi connectivity index (χ0v) is 19.4. The van der Waals surface area contributed by atoms with Crippen molar-refractivity contribution in [3.05, 3.63) is 68.1 Å². The average Bonchev–Trinajstić information content (AvgIpc) is 2.93. The van der Waals surface area contributed by atoms with Crippen LogP contribution in [0.5, 0.6) is 0 Å². The third kappa shape index (κ3) is 4.43. The Morgan fingerprint density at radius 2 is 1.73 bits per heavy atom. The molecule has 0 fully saturated rings. The van der Waals surface area contributed by atoms with Crippen LogP contribution in [0, 0.1) is 3.57 Å². The van der Waals surface area contributed by atoms with Gasteiger partial charge in [-0.05, 0) is 74.0 Å². The summed E-state index contributed by atoms with van der Waals surface area (Å²) in [6.45, 7) is 7.05. The van der Waals surface area contributed by atoms with E-state index in [0.717, 1.165) is 8.14 Å². The molecule has 1 heterocycles. The van der Waals surface area contributed by atoms with E-state index in [2.05, 4.69) is 22.6 Å². The summed E-state index contributed by atoms with van der Waals surface area (Å²) in [6.07, 6.45) is -0.798. The van der Waals surface area contributed by atoms with Crippen LogP contribution in [0.15, 0.2) is 53.3 Å². The Kier molecular flexibility index (Phi) is 6.35. The Morgan fingerprint density at radius 1 is 1.07 bits per heavy atom. The summed E-state index contributed by atoms with van der Waals surface area (Å²) in [5.41, 5.74) is -0.0587. The maximum Gasteiger partial charge on any atom is 0.423 e. The van der Waals surface area contributed by atoms with Gasteiger partial charge in [0.1, 0.15) is 5.60 Å². The van der Waals surface area contributed by atoms with E-state index >= 15 is 0 Å². The highest BCUT2D eigenvalue weighted by molar-refractivity contribution is 14.1. The van der Waals surface area contributed by atoms with Gasteiger partial charge in [-0.2, -0.15) is 4.57 Å². The number of rotatable bonds is 4. The van der Waals surface area contributed by atoms with Gasteiger partial charge in [0, 0.05) is 3.57 Å². The largest absolute Gasteiger partial charge is 0.464 e. The molecule has 30 heavy (non-hydrogen) atoms. The van der Waals surface area contributed by atoms with E-state index in [4.69, 9.17) is 9.47 Å². The molecule has 0 saturated heterocycles. The van der Waals surface area contributed by atoms with Crippen molar-refractivity contribution in [1.82, 2.24) is 9.13 Å². The molecule has 0 aliphatic heterocycles. The fraction of sp³-hybridized carbons (Fsp3) is 0.318. The first kappa shape index (κ1) is 22.1. The van der Waals surface area contributed by atoms with Crippen LogP contribution in [0.1, 0.15) is 39.3 Å². The second-order valence-electron chi connectivity index (χ2n) is 7.67. The summed E-state index contributed by atoms with van der Waals surface area (Å²) in [5, 5.41) is 0. The third-order valence-corrected chi connectivity index (χ3v) is 4.97. The minimum absolute atomic E-state index is 0.166. The Balaban J connectivity index is 2.32. The number of aromatic nitrogens is 2.